The normalized spacial score (nSPS) is 14.6. The first-order chi connectivity index (χ1) is 11.0. The van der Waals surface area contributed by atoms with E-state index >= 15 is 0 Å². The predicted octanol–water partition coefficient (Wildman–Crippen LogP) is 5.40. The van der Waals surface area contributed by atoms with Gasteiger partial charge in [-0.2, -0.15) is 0 Å². The molecule has 1 aliphatic rings. The first-order valence-corrected chi connectivity index (χ1v) is 7.77. The quantitative estimate of drug-likeness (QED) is 0.731. The van der Waals surface area contributed by atoms with Gasteiger partial charge in [-0.25, -0.2) is 0 Å². The summed E-state index contributed by atoms with van der Waals surface area (Å²) in [6.45, 7) is 1.67. The average molecular weight is 343 g/mol. The molecule has 3 rings (SSSR count). The fourth-order valence-electron chi connectivity index (χ4n) is 2.53. The van der Waals surface area contributed by atoms with Crippen LogP contribution in [-0.2, 0) is 0 Å². The molecule has 0 heterocycles. The number of hydrogen-bond acceptors (Lipinski definition) is 2. The highest BCUT2D eigenvalue weighted by Crippen LogP contribution is 2.28. The Morgan fingerprint density at radius 2 is 1.52 bits per heavy atom. The number of carbonyl (C=O) groups excluding carboxylic acids is 2. The molecule has 0 amide bonds. The van der Waals surface area contributed by atoms with Crippen LogP contribution in [0.5, 0.6) is 0 Å². The zero-order chi connectivity index (χ0) is 16.6. The fraction of sp³-hybridized carbons (Fsp3) is 0.0526. The highest BCUT2D eigenvalue weighted by atomic mass is 35.5. The van der Waals surface area contributed by atoms with Crippen LogP contribution in [-0.4, -0.2) is 11.6 Å². The number of halogens is 2. The first kappa shape index (κ1) is 15.7. The van der Waals surface area contributed by atoms with Gasteiger partial charge < -0.3 is 0 Å². The van der Waals surface area contributed by atoms with Crippen LogP contribution in [0.1, 0.15) is 33.2 Å². The Morgan fingerprint density at radius 1 is 0.870 bits per heavy atom. The topological polar surface area (TPSA) is 34.1 Å². The monoisotopic (exact) mass is 342 g/mol. The van der Waals surface area contributed by atoms with Crippen LogP contribution in [0, 0.1) is 0 Å². The van der Waals surface area contributed by atoms with Crippen LogP contribution >= 0.6 is 23.2 Å². The maximum absolute atomic E-state index is 12.6. The largest absolute Gasteiger partial charge is 0.289 e. The molecule has 0 unspecified atom stereocenters. The predicted molar refractivity (Wildman–Crippen MR) is 93.3 cm³/mol. The van der Waals surface area contributed by atoms with E-state index in [-0.39, 0.29) is 11.6 Å². The van der Waals surface area contributed by atoms with Crippen LogP contribution in [0.3, 0.4) is 0 Å². The summed E-state index contributed by atoms with van der Waals surface area (Å²) in [5.74, 6) is -0.277. The van der Waals surface area contributed by atoms with Gasteiger partial charge in [0, 0.05) is 32.3 Å². The summed E-state index contributed by atoms with van der Waals surface area (Å²) in [4.78, 5) is 25.0. The molecule has 4 heteroatoms. The Morgan fingerprint density at radius 3 is 2.17 bits per heavy atom. The number of hydrogen-bond donors (Lipinski definition) is 0. The van der Waals surface area contributed by atoms with E-state index in [1.807, 2.05) is 0 Å². The molecule has 0 N–H and O–H groups in total. The molecule has 114 valence electrons. The van der Waals surface area contributed by atoms with Gasteiger partial charge in [0.25, 0.3) is 0 Å². The summed E-state index contributed by atoms with van der Waals surface area (Å²) < 4.78 is 0. The van der Waals surface area contributed by atoms with Gasteiger partial charge in [-0.15, -0.1) is 0 Å². The smallest absolute Gasteiger partial charge is 0.194 e. The molecule has 2 aromatic carbocycles. The second kappa shape index (κ2) is 6.15. The van der Waals surface area contributed by atoms with Crippen molar-refractivity contribution in [2.45, 2.75) is 6.92 Å². The molecule has 2 aromatic rings. The van der Waals surface area contributed by atoms with Gasteiger partial charge in [0.2, 0.25) is 0 Å². The minimum atomic E-state index is -0.154. The minimum Gasteiger partial charge on any atom is -0.289 e. The van der Waals surface area contributed by atoms with E-state index in [2.05, 4.69) is 0 Å². The van der Waals surface area contributed by atoms with E-state index in [0.29, 0.717) is 32.3 Å². The minimum absolute atomic E-state index is 0.123. The van der Waals surface area contributed by atoms with E-state index < -0.39 is 0 Å². The molecule has 0 spiro atoms. The van der Waals surface area contributed by atoms with E-state index in [0.717, 1.165) is 5.56 Å². The lowest BCUT2D eigenvalue weighted by Gasteiger charge is -2.16. The third kappa shape index (κ3) is 2.88. The molecule has 0 aromatic heterocycles. The maximum Gasteiger partial charge on any atom is 0.194 e. The Bertz CT molecular complexity index is 892. The number of rotatable bonds is 2. The van der Waals surface area contributed by atoms with Crippen molar-refractivity contribution >= 4 is 40.8 Å². The molecule has 2 nitrogen and oxygen atoms in total. The number of allylic oxidation sites excluding steroid dienone is 3. The highest BCUT2D eigenvalue weighted by Gasteiger charge is 2.27. The van der Waals surface area contributed by atoms with Crippen molar-refractivity contribution in [3.05, 3.63) is 86.4 Å². The lowest BCUT2D eigenvalue weighted by Crippen LogP contribution is -2.19. The molecule has 0 radical (unpaired) electrons. The molecular formula is C19H12Cl2O2. The SMILES string of the molecule is CC1=C(C=Cc2ccc(Cl)cc2Cl)C(=O)c2ccccc2C1=O. The maximum atomic E-state index is 12.6. The second-order valence-corrected chi connectivity index (χ2v) is 6.09. The summed E-state index contributed by atoms with van der Waals surface area (Å²) in [6.07, 6.45) is 3.36. The number of Topliss-reactive ketones (excluding diaryl/α,β-unsaturated/α-hetero) is 2. The van der Waals surface area contributed by atoms with E-state index in [4.69, 9.17) is 23.2 Å². The lowest BCUT2D eigenvalue weighted by molar-refractivity contribution is 0.0978. The van der Waals surface area contributed by atoms with Gasteiger partial charge in [-0.1, -0.05) is 59.6 Å². The zero-order valence-corrected chi connectivity index (χ0v) is 13.8. The molecule has 23 heavy (non-hydrogen) atoms. The fourth-order valence-corrected chi connectivity index (χ4v) is 3.00. The van der Waals surface area contributed by atoms with Gasteiger partial charge in [0.15, 0.2) is 11.6 Å². The Labute approximate surface area is 144 Å². The first-order valence-electron chi connectivity index (χ1n) is 7.01. The zero-order valence-electron chi connectivity index (χ0n) is 12.3. The lowest BCUT2D eigenvalue weighted by atomic mass is 9.84. The van der Waals surface area contributed by atoms with Crippen molar-refractivity contribution in [1.82, 2.24) is 0 Å². The van der Waals surface area contributed by atoms with E-state index in [1.54, 1.807) is 61.5 Å². The van der Waals surface area contributed by atoms with Crippen molar-refractivity contribution in [1.29, 1.82) is 0 Å². The summed E-state index contributed by atoms with van der Waals surface area (Å²) in [5.41, 5.74) is 2.45. The van der Waals surface area contributed by atoms with Crippen molar-refractivity contribution in [3.63, 3.8) is 0 Å². The van der Waals surface area contributed by atoms with Crippen molar-refractivity contribution in [2.24, 2.45) is 0 Å². The number of carbonyl (C=O) groups is 2. The molecule has 0 saturated heterocycles. The second-order valence-electron chi connectivity index (χ2n) is 5.24. The van der Waals surface area contributed by atoms with Crippen molar-refractivity contribution in [3.8, 4) is 0 Å². The third-order valence-corrected chi connectivity index (χ3v) is 4.36. The van der Waals surface area contributed by atoms with Crippen LogP contribution in [0.15, 0.2) is 59.7 Å². The van der Waals surface area contributed by atoms with Gasteiger partial charge in [-0.3, -0.25) is 9.59 Å². The number of ketones is 2. The van der Waals surface area contributed by atoms with Crippen molar-refractivity contribution in [2.75, 3.05) is 0 Å². The van der Waals surface area contributed by atoms with Gasteiger partial charge in [0.05, 0.1) is 0 Å². The average Bonchev–Trinajstić information content (AvgIpc) is 2.54. The summed E-state index contributed by atoms with van der Waals surface area (Å²) >= 11 is 12.0. The molecule has 0 fully saturated rings. The molecule has 0 bridgehead atoms. The number of fused-ring (bicyclic) bond motifs is 1. The Kier molecular flexibility index (Phi) is 4.20. The number of benzene rings is 2. The molecule has 0 aliphatic heterocycles. The van der Waals surface area contributed by atoms with Crippen LogP contribution in [0.25, 0.3) is 6.08 Å². The third-order valence-electron chi connectivity index (χ3n) is 3.80. The molecular weight excluding hydrogens is 331 g/mol. The Balaban J connectivity index is 2.03. The van der Waals surface area contributed by atoms with Crippen LogP contribution in [0.4, 0.5) is 0 Å². The van der Waals surface area contributed by atoms with E-state index in [9.17, 15) is 9.59 Å². The van der Waals surface area contributed by atoms with Gasteiger partial charge in [0.1, 0.15) is 0 Å². The van der Waals surface area contributed by atoms with E-state index in [1.165, 1.54) is 0 Å². The molecule has 0 atom stereocenters. The van der Waals surface area contributed by atoms with Gasteiger partial charge in [-0.05, 0) is 30.7 Å². The summed E-state index contributed by atoms with van der Waals surface area (Å²) in [7, 11) is 0. The summed E-state index contributed by atoms with van der Waals surface area (Å²) in [6, 6.07) is 12.0. The summed E-state index contributed by atoms with van der Waals surface area (Å²) in [5, 5.41) is 1.03. The standard InChI is InChI=1S/C19H12Cl2O2/c1-11-14(9-7-12-6-8-13(20)10-17(12)21)19(23)16-5-3-2-4-15(16)18(11)22/h2-10H,1H3. The van der Waals surface area contributed by atoms with Gasteiger partial charge >= 0.3 is 0 Å². The highest BCUT2D eigenvalue weighted by molar-refractivity contribution is 6.35. The molecule has 0 saturated carbocycles. The van der Waals surface area contributed by atoms with Crippen LogP contribution in [0.2, 0.25) is 10.0 Å². The Hall–Kier alpha value is -2.16. The van der Waals surface area contributed by atoms with Crippen molar-refractivity contribution < 1.29 is 9.59 Å². The molecule has 1 aliphatic carbocycles. The van der Waals surface area contributed by atoms with Crippen LogP contribution < -0.4 is 0 Å².